The summed E-state index contributed by atoms with van der Waals surface area (Å²) in [7, 11) is 0. The molecule has 1 aliphatic heterocycles. The van der Waals surface area contributed by atoms with Gasteiger partial charge in [0.2, 0.25) is 0 Å². The van der Waals surface area contributed by atoms with Crippen LogP contribution in [0.5, 0.6) is 0 Å². The molecule has 4 heteroatoms. The van der Waals surface area contributed by atoms with Crippen LogP contribution in [0.15, 0.2) is 18.2 Å². The van der Waals surface area contributed by atoms with Gasteiger partial charge in [-0.2, -0.15) is 0 Å². The zero-order chi connectivity index (χ0) is 12.3. The van der Waals surface area contributed by atoms with E-state index in [0.29, 0.717) is 11.6 Å². The van der Waals surface area contributed by atoms with Gasteiger partial charge in [-0.25, -0.2) is 4.39 Å². The number of piperidine rings is 1. The number of aliphatic hydroxyl groups excluding tert-OH is 1. The minimum absolute atomic E-state index is 0.273. The largest absolute Gasteiger partial charge is 0.399 e. The van der Waals surface area contributed by atoms with Crippen molar-refractivity contribution in [2.75, 3.05) is 25.4 Å². The Morgan fingerprint density at radius 3 is 2.59 bits per heavy atom. The standard InChI is InChI=1S/C13H19FN2O/c14-12-5-11(6-13(15)7-12)8-16-3-1-10(9-17)2-4-16/h5-7,10,17H,1-4,8-9,15H2. The normalized spacial score (nSPS) is 18.5. The van der Waals surface area contributed by atoms with E-state index in [1.165, 1.54) is 12.1 Å². The molecule has 0 atom stereocenters. The summed E-state index contributed by atoms with van der Waals surface area (Å²) in [6.45, 7) is 2.93. The van der Waals surface area contributed by atoms with Crippen molar-refractivity contribution in [2.24, 2.45) is 5.92 Å². The summed E-state index contributed by atoms with van der Waals surface area (Å²) in [4.78, 5) is 2.28. The van der Waals surface area contributed by atoms with Crippen LogP contribution in [0.1, 0.15) is 18.4 Å². The second-order valence-corrected chi connectivity index (χ2v) is 4.79. The van der Waals surface area contributed by atoms with Gasteiger partial charge < -0.3 is 10.8 Å². The molecule has 94 valence electrons. The monoisotopic (exact) mass is 238 g/mol. The van der Waals surface area contributed by atoms with Crippen molar-refractivity contribution in [1.29, 1.82) is 0 Å². The Bertz CT molecular complexity index is 355. The zero-order valence-corrected chi connectivity index (χ0v) is 9.90. The molecule has 0 radical (unpaired) electrons. The van der Waals surface area contributed by atoms with Gasteiger partial charge in [0, 0.05) is 18.8 Å². The van der Waals surface area contributed by atoms with Gasteiger partial charge in [-0.1, -0.05) is 0 Å². The summed E-state index contributed by atoms with van der Waals surface area (Å²) in [5.74, 6) is 0.161. The maximum absolute atomic E-state index is 13.2. The molecule has 2 rings (SSSR count). The fraction of sp³-hybridized carbons (Fsp3) is 0.538. The van der Waals surface area contributed by atoms with Crippen LogP contribution in [-0.2, 0) is 6.54 Å². The van der Waals surface area contributed by atoms with E-state index in [2.05, 4.69) is 4.90 Å². The number of halogens is 1. The fourth-order valence-corrected chi connectivity index (χ4v) is 2.35. The van der Waals surface area contributed by atoms with Crippen molar-refractivity contribution in [3.05, 3.63) is 29.6 Å². The molecule has 0 spiro atoms. The van der Waals surface area contributed by atoms with Crippen LogP contribution in [0.3, 0.4) is 0 Å². The molecule has 1 aromatic rings. The van der Waals surface area contributed by atoms with Crippen molar-refractivity contribution in [2.45, 2.75) is 19.4 Å². The smallest absolute Gasteiger partial charge is 0.125 e. The molecule has 3 nitrogen and oxygen atoms in total. The van der Waals surface area contributed by atoms with Crippen molar-refractivity contribution >= 4 is 5.69 Å². The first-order chi connectivity index (χ1) is 8.17. The molecule has 1 aromatic carbocycles. The number of hydrogen-bond acceptors (Lipinski definition) is 3. The summed E-state index contributed by atoms with van der Waals surface area (Å²) in [5, 5.41) is 9.06. The van der Waals surface area contributed by atoms with Gasteiger partial charge in [0.05, 0.1) is 0 Å². The van der Waals surface area contributed by atoms with Crippen molar-refractivity contribution in [3.8, 4) is 0 Å². The van der Waals surface area contributed by atoms with E-state index in [4.69, 9.17) is 10.8 Å². The highest BCUT2D eigenvalue weighted by Gasteiger charge is 2.18. The topological polar surface area (TPSA) is 49.5 Å². The van der Waals surface area contributed by atoms with Gasteiger partial charge in [-0.3, -0.25) is 4.90 Å². The van der Waals surface area contributed by atoms with E-state index in [0.717, 1.165) is 38.0 Å². The Morgan fingerprint density at radius 2 is 2.00 bits per heavy atom. The number of anilines is 1. The molecule has 0 aromatic heterocycles. The van der Waals surface area contributed by atoms with Crippen molar-refractivity contribution in [1.82, 2.24) is 4.90 Å². The summed E-state index contributed by atoms with van der Waals surface area (Å²) < 4.78 is 13.2. The lowest BCUT2D eigenvalue weighted by Gasteiger charge is -2.31. The lowest BCUT2D eigenvalue weighted by atomic mass is 9.97. The Labute approximate surface area is 101 Å². The summed E-state index contributed by atoms with van der Waals surface area (Å²) in [6, 6.07) is 4.69. The molecule has 0 bridgehead atoms. The molecule has 1 heterocycles. The third-order valence-electron chi connectivity index (χ3n) is 3.35. The third-order valence-corrected chi connectivity index (χ3v) is 3.35. The van der Waals surface area contributed by atoms with Crippen LogP contribution in [0, 0.1) is 11.7 Å². The van der Waals surface area contributed by atoms with Crippen molar-refractivity contribution < 1.29 is 9.50 Å². The zero-order valence-electron chi connectivity index (χ0n) is 9.90. The molecule has 3 N–H and O–H groups in total. The average molecular weight is 238 g/mol. The predicted octanol–water partition coefficient (Wildman–Crippen LogP) is 1.61. The minimum Gasteiger partial charge on any atom is -0.399 e. The summed E-state index contributed by atoms with van der Waals surface area (Å²) >= 11 is 0. The molecule has 0 unspecified atom stereocenters. The molecule has 1 fully saturated rings. The second-order valence-electron chi connectivity index (χ2n) is 4.79. The molecule has 0 saturated carbocycles. The number of hydrogen-bond donors (Lipinski definition) is 2. The molecule has 0 aliphatic carbocycles. The number of nitrogens with two attached hydrogens (primary N) is 1. The van der Waals surface area contributed by atoms with Crippen LogP contribution in [0.2, 0.25) is 0 Å². The quantitative estimate of drug-likeness (QED) is 0.787. The minimum atomic E-state index is -0.273. The van der Waals surface area contributed by atoms with Gasteiger partial charge >= 0.3 is 0 Å². The first kappa shape index (κ1) is 12.3. The fourth-order valence-electron chi connectivity index (χ4n) is 2.35. The third kappa shape index (κ3) is 3.41. The van der Waals surface area contributed by atoms with Gasteiger partial charge in [-0.05, 0) is 55.6 Å². The lowest BCUT2D eigenvalue weighted by Crippen LogP contribution is -2.34. The Morgan fingerprint density at radius 1 is 1.29 bits per heavy atom. The van der Waals surface area contributed by atoms with Crippen LogP contribution < -0.4 is 5.73 Å². The van der Waals surface area contributed by atoms with Crippen LogP contribution in [0.4, 0.5) is 10.1 Å². The van der Waals surface area contributed by atoms with E-state index in [-0.39, 0.29) is 12.4 Å². The van der Waals surface area contributed by atoms with Gasteiger partial charge in [-0.15, -0.1) is 0 Å². The van der Waals surface area contributed by atoms with E-state index < -0.39 is 0 Å². The van der Waals surface area contributed by atoms with Crippen LogP contribution >= 0.6 is 0 Å². The second kappa shape index (κ2) is 5.47. The Balaban J connectivity index is 1.93. The van der Waals surface area contributed by atoms with Crippen LogP contribution in [-0.4, -0.2) is 29.7 Å². The summed E-state index contributed by atoms with van der Waals surface area (Å²) in [6.07, 6.45) is 2.03. The molecule has 0 amide bonds. The molecular formula is C13H19FN2O. The molecule has 1 aliphatic rings. The maximum Gasteiger partial charge on any atom is 0.125 e. The highest BCUT2D eigenvalue weighted by atomic mass is 19.1. The molecular weight excluding hydrogens is 219 g/mol. The van der Waals surface area contributed by atoms with Gasteiger partial charge in [0.15, 0.2) is 0 Å². The van der Waals surface area contributed by atoms with E-state index in [1.807, 2.05) is 6.07 Å². The number of benzene rings is 1. The van der Waals surface area contributed by atoms with Gasteiger partial charge in [0.25, 0.3) is 0 Å². The number of rotatable bonds is 3. The van der Waals surface area contributed by atoms with E-state index >= 15 is 0 Å². The number of nitrogens with zero attached hydrogens (tertiary/aromatic N) is 1. The first-order valence-corrected chi connectivity index (χ1v) is 6.05. The first-order valence-electron chi connectivity index (χ1n) is 6.05. The van der Waals surface area contributed by atoms with E-state index in [9.17, 15) is 4.39 Å². The molecule has 1 saturated heterocycles. The average Bonchev–Trinajstić information content (AvgIpc) is 2.28. The summed E-state index contributed by atoms with van der Waals surface area (Å²) in [5.41, 5.74) is 7.01. The number of aliphatic hydroxyl groups is 1. The van der Waals surface area contributed by atoms with E-state index in [1.54, 1.807) is 0 Å². The predicted molar refractivity (Wildman–Crippen MR) is 65.9 cm³/mol. The van der Waals surface area contributed by atoms with Crippen molar-refractivity contribution in [3.63, 3.8) is 0 Å². The van der Waals surface area contributed by atoms with Crippen LogP contribution in [0.25, 0.3) is 0 Å². The number of likely N-dealkylation sites (tertiary alicyclic amines) is 1. The lowest BCUT2D eigenvalue weighted by molar-refractivity contribution is 0.127. The van der Waals surface area contributed by atoms with Gasteiger partial charge in [0.1, 0.15) is 5.82 Å². The highest BCUT2D eigenvalue weighted by molar-refractivity contribution is 5.41. The molecule has 17 heavy (non-hydrogen) atoms. The Kier molecular flexibility index (Phi) is 3.97. The highest BCUT2D eigenvalue weighted by Crippen LogP contribution is 2.19. The SMILES string of the molecule is Nc1cc(F)cc(CN2CCC(CO)CC2)c1. The maximum atomic E-state index is 13.2. The number of nitrogen functional groups attached to an aromatic ring is 1. The Hall–Kier alpha value is -1.13.